The topological polar surface area (TPSA) is 55.4 Å². The summed E-state index contributed by atoms with van der Waals surface area (Å²) in [6.45, 7) is 0.312. The summed E-state index contributed by atoms with van der Waals surface area (Å²) in [6, 6.07) is 7.74. The lowest BCUT2D eigenvalue weighted by Crippen LogP contribution is -2.27. The SMILES string of the molecule is COC(=O)CCNC(=O)CSc1ccc(Br)cc1. The van der Waals surface area contributed by atoms with Gasteiger partial charge in [0.2, 0.25) is 5.91 Å². The molecule has 0 unspecified atom stereocenters. The molecule has 0 bridgehead atoms. The fraction of sp³-hybridized carbons (Fsp3) is 0.333. The van der Waals surface area contributed by atoms with Crippen LogP contribution in [0.4, 0.5) is 0 Å². The number of amides is 1. The third kappa shape index (κ3) is 6.07. The fourth-order valence-electron chi connectivity index (χ4n) is 1.14. The molecule has 0 atom stereocenters. The van der Waals surface area contributed by atoms with Crippen molar-refractivity contribution in [3.63, 3.8) is 0 Å². The largest absolute Gasteiger partial charge is 0.469 e. The normalized spacial score (nSPS) is 9.89. The Hall–Kier alpha value is -1.01. The van der Waals surface area contributed by atoms with Gasteiger partial charge in [0.25, 0.3) is 0 Å². The summed E-state index contributed by atoms with van der Waals surface area (Å²) in [4.78, 5) is 23.3. The number of hydrogen-bond donors (Lipinski definition) is 1. The summed E-state index contributed by atoms with van der Waals surface area (Å²) >= 11 is 4.80. The molecule has 0 saturated carbocycles. The highest BCUT2D eigenvalue weighted by Gasteiger charge is 2.04. The maximum atomic E-state index is 11.5. The van der Waals surface area contributed by atoms with Gasteiger partial charge in [-0.15, -0.1) is 11.8 Å². The van der Waals surface area contributed by atoms with Crippen LogP contribution < -0.4 is 5.32 Å². The molecule has 1 aromatic carbocycles. The molecule has 0 fully saturated rings. The molecular formula is C12H14BrNO3S. The van der Waals surface area contributed by atoms with Crippen LogP contribution in [-0.2, 0) is 14.3 Å². The molecule has 4 nitrogen and oxygen atoms in total. The number of hydrogen-bond acceptors (Lipinski definition) is 4. The lowest BCUT2D eigenvalue weighted by atomic mass is 10.4. The van der Waals surface area contributed by atoms with E-state index in [2.05, 4.69) is 26.0 Å². The minimum Gasteiger partial charge on any atom is -0.469 e. The molecule has 0 spiro atoms. The van der Waals surface area contributed by atoms with Crippen molar-refractivity contribution in [1.29, 1.82) is 0 Å². The Labute approximate surface area is 119 Å². The van der Waals surface area contributed by atoms with Crippen molar-refractivity contribution in [1.82, 2.24) is 5.32 Å². The molecule has 1 aromatic rings. The molecule has 1 amide bonds. The lowest BCUT2D eigenvalue weighted by molar-refractivity contribution is -0.140. The van der Waals surface area contributed by atoms with Crippen LogP contribution in [-0.4, -0.2) is 31.3 Å². The zero-order chi connectivity index (χ0) is 13.4. The monoisotopic (exact) mass is 331 g/mol. The second-order valence-electron chi connectivity index (χ2n) is 3.42. The maximum absolute atomic E-state index is 11.5. The summed E-state index contributed by atoms with van der Waals surface area (Å²) in [7, 11) is 1.33. The fourth-order valence-corrected chi connectivity index (χ4v) is 2.13. The van der Waals surface area contributed by atoms with Gasteiger partial charge in [-0.05, 0) is 24.3 Å². The highest BCUT2D eigenvalue weighted by atomic mass is 79.9. The Morgan fingerprint density at radius 2 is 2.00 bits per heavy atom. The first-order valence-corrected chi connectivity index (χ1v) is 7.11. The number of halogens is 1. The third-order valence-corrected chi connectivity index (χ3v) is 3.60. The Morgan fingerprint density at radius 3 is 2.61 bits per heavy atom. The van der Waals surface area contributed by atoms with Crippen LogP contribution in [0.5, 0.6) is 0 Å². The van der Waals surface area contributed by atoms with Crippen LogP contribution >= 0.6 is 27.7 Å². The number of rotatable bonds is 6. The molecule has 0 aliphatic rings. The van der Waals surface area contributed by atoms with Crippen molar-refractivity contribution in [3.8, 4) is 0 Å². The number of esters is 1. The molecule has 0 heterocycles. The number of carbonyl (C=O) groups is 2. The standard InChI is InChI=1S/C12H14BrNO3S/c1-17-12(16)6-7-14-11(15)8-18-10-4-2-9(13)3-5-10/h2-5H,6-8H2,1H3,(H,14,15). The van der Waals surface area contributed by atoms with Crippen molar-refractivity contribution in [2.45, 2.75) is 11.3 Å². The van der Waals surface area contributed by atoms with E-state index < -0.39 is 0 Å². The molecule has 6 heteroatoms. The van der Waals surface area contributed by atoms with Crippen LogP contribution in [0.2, 0.25) is 0 Å². The zero-order valence-electron chi connectivity index (χ0n) is 9.94. The minimum atomic E-state index is -0.323. The Kier molecular flexibility index (Phi) is 6.82. The van der Waals surface area contributed by atoms with Gasteiger partial charge in [-0.2, -0.15) is 0 Å². The van der Waals surface area contributed by atoms with Crippen LogP contribution in [0, 0.1) is 0 Å². The summed E-state index contributed by atoms with van der Waals surface area (Å²) < 4.78 is 5.48. The highest BCUT2D eigenvalue weighted by molar-refractivity contribution is 9.10. The van der Waals surface area contributed by atoms with E-state index in [0.717, 1.165) is 9.37 Å². The first-order valence-electron chi connectivity index (χ1n) is 5.33. The summed E-state index contributed by atoms with van der Waals surface area (Å²) in [5.41, 5.74) is 0. The molecule has 0 aliphatic heterocycles. The molecule has 1 N–H and O–H groups in total. The predicted molar refractivity (Wildman–Crippen MR) is 74.5 cm³/mol. The van der Waals surface area contributed by atoms with Crippen LogP contribution in [0.1, 0.15) is 6.42 Å². The second kappa shape index (κ2) is 8.16. The first kappa shape index (κ1) is 15.0. The first-order chi connectivity index (χ1) is 8.61. The summed E-state index contributed by atoms with van der Waals surface area (Å²) in [6.07, 6.45) is 0.200. The van der Waals surface area contributed by atoms with Crippen molar-refractivity contribution in [2.24, 2.45) is 0 Å². The van der Waals surface area contributed by atoms with Crippen molar-refractivity contribution >= 4 is 39.6 Å². The van der Waals surface area contributed by atoms with Gasteiger partial charge < -0.3 is 10.1 Å². The Morgan fingerprint density at radius 1 is 1.33 bits per heavy atom. The van der Waals surface area contributed by atoms with Crippen LogP contribution in [0.15, 0.2) is 33.6 Å². The van der Waals surface area contributed by atoms with E-state index in [1.54, 1.807) is 0 Å². The van der Waals surface area contributed by atoms with Crippen LogP contribution in [0.3, 0.4) is 0 Å². The smallest absolute Gasteiger partial charge is 0.307 e. The van der Waals surface area contributed by atoms with Gasteiger partial charge >= 0.3 is 5.97 Å². The Bertz CT molecular complexity index is 408. The number of benzene rings is 1. The number of thioether (sulfide) groups is 1. The predicted octanol–water partition coefficient (Wildman–Crippen LogP) is 2.22. The number of nitrogens with one attached hydrogen (secondary N) is 1. The van der Waals surface area contributed by atoms with E-state index in [-0.39, 0.29) is 18.3 Å². The summed E-state index contributed by atoms with van der Waals surface area (Å²) in [5, 5.41) is 2.66. The van der Waals surface area contributed by atoms with Gasteiger partial charge in [0, 0.05) is 15.9 Å². The van der Waals surface area contributed by atoms with Gasteiger partial charge in [0.15, 0.2) is 0 Å². The molecule has 18 heavy (non-hydrogen) atoms. The molecule has 1 rings (SSSR count). The number of carbonyl (C=O) groups excluding carboxylic acids is 2. The van der Waals surface area contributed by atoms with Gasteiger partial charge in [-0.1, -0.05) is 15.9 Å². The molecule has 0 aromatic heterocycles. The lowest BCUT2D eigenvalue weighted by Gasteiger charge is -2.04. The maximum Gasteiger partial charge on any atom is 0.307 e. The Balaban J connectivity index is 2.21. The van der Waals surface area contributed by atoms with E-state index >= 15 is 0 Å². The van der Waals surface area contributed by atoms with E-state index in [9.17, 15) is 9.59 Å². The van der Waals surface area contributed by atoms with Crippen molar-refractivity contribution < 1.29 is 14.3 Å². The average molecular weight is 332 g/mol. The molecule has 98 valence electrons. The molecule has 0 saturated heterocycles. The minimum absolute atomic E-state index is 0.0909. The van der Waals surface area contributed by atoms with Crippen molar-refractivity contribution in [3.05, 3.63) is 28.7 Å². The van der Waals surface area contributed by atoms with Gasteiger partial charge in [0.1, 0.15) is 0 Å². The molecule has 0 radical (unpaired) electrons. The van der Waals surface area contributed by atoms with E-state index in [1.807, 2.05) is 24.3 Å². The number of ether oxygens (including phenoxy) is 1. The van der Waals surface area contributed by atoms with Gasteiger partial charge in [-0.25, -0.2) is 0 Å². The van der Waals surface area contributed by atoms with Gasteiger partial charge in [-0.3, -0.25) is 9.59 Å². The summed E-state index contributed by atoms with van der Waals surface area (Å²) in [5.74, 6) is -0.0781. The number of methoxy groups -OCH3 is 1. The average Bonchev–Trinajstić information content (AvgIpc) is 2.38. The highest BCUT2D eigenvalue weighted by Crippen LogP contribution is 2.20. The van der Waals surface area contributed by atoms with Crippen LogP contribution in [0.25, 0.3) is 0 Å². The second-order valence-corrected chi connectivity index (χ2v) is 5.38. The van der Waals surface area contributed by atoms with Gasteiger partial charge in [0.05, 0.1) is 19.3 Å². The molecular weight excluding hydrogens is 318 g/mol. The third-order valence-electron chi connectivity index (χ3n) is 2.06. The van der Waals surface area contributed by atoms with E-state index in [1.165, 1.54) is 18.9 Å². The van der Waals surface area contributed by atoms with E-state index in [4.69, 9.17) is 0 Å². The molecule has 0 aliphatic carbocycles. The van der Waals surface area contributed by atoms with Crippen molar-refractivity contribution in [2.75, 3.05) is 19.4 Å². The van der Waals surface area contributed by atoms with E-state index in [0.29, 0.717) is 12.3 Å². The zero-order valence-corrected chi connectivity index (χ0v) is 12.3. The quantitative estimate of drug-likeness (QED) is 0.641.